The summed E-state index contributed by atoms with van der Waals surface area (Å²) in [4.78, 5) is 11.0. The summed E-state index contributed by atoms with van der Waals surface area (Å²) in [7, 11) is 0. The van der Waals surface area contributed by atoms with E-state index < -0.39 is 23.5 Å². The first-order valence-corrected chi connectivity index (χ1v) is 4.98. The fourth-order valence-electron chi connectivity index (χ4n) is 1.54. The van der Waals surface area contributed by atoms with Gasteiger partial charge in [-0.15, -0.1) is 0 Å². The van der Waals surface area contributed by atoms with Crippen LogP contribution in [0, 0.1) is 0 Å². The number of aromatic nitrogens is 2. The molecule has 8 heteroatoms. The van der Waals surface area contributed by atoms with Gasteiger partial charge in [0.2, 0.25) is 0 Å². The first-order valence-electron chi connectivity index (χ1n) is 4.98. The van der Waals surface area contributed by atoms with Gasteiger partial charge in [-0.3, -0.25) is 0 Å². The minimum absolute atomic E-state index is 0.314. The van der Waals surface area contributed by atoms with E-state index in [1.54, 1.807) is 0 Å². The van der Waals surface area contributed by atoms with Crippen LogP contribution in [-0.2, 0) is 6.18 Å². The average Bonchev–Trinajstić information content (AvgIpc) is 2.77. The number of phenolic OH excluding ortho intramolecular Hbond substituents is 1. The molecule has 0 unspecified atom stereocenters. The van der Waals surface area contributed by atoms with Crippen LogP contribution in [0.1, 0.15) is 15.9 Å². The Labute approximate surface area is 104 Å². The van der Waals surface area contributed by atoms with E-state index in [-0.39, 0.29) is 11.3 Å². The molecule has 5 nitrogen and oxygen atoms in total. The summed E-state index contributed by atoms with van der Waals surface area (Å²) in [5, 5.41) is 22.0. The zero-order chi connectivity index (χ0) is 14.2. The van der Waals surface area contributed by atoms with Crippen LogP contribution in [0.2, 0.25) is 0 Å². The van der Waals surface area contributed by atoms with Crippen molar-refractivity contribution < 1.29 is 28.2 Å². The van der Waals surface area contributed by atoms with E-state index in [1.807, 2.05) is 0 Å². The zero-order valence-corrected chi connectivity index (χ0v) is 9.22. The second-order valence-corrected chi connectivity index (χ2v) is 3.65. The van der Waals surface area contributed by atoms with Crippen LogP contribution < -0.4 is 0 Å². The van der Waals surface area contributed by atoms with Gasteiger partial charge in [-0.2, -0.15) is 18.3 Å². The summed E-state index contributed by atoms with van der Waals surface area (Å²) in [6.45, 7) is 0. The van der Waals surface area contributed by atoms with E-state index in [4.69, 9.17) is 5.11 Å². The Kier molecular flexibility index (Phi) is 2.93. The van der Waals surface area contributed by atoms with Crippen LogP contribution >= 0.6 is 0 Å². The van der Waals surface area contributed by atoms with Crippen LogP contribution in [-0.4, -0.2) is 26.0 Å². The first kappa shape index (κ1) is 12.9. The number of phenols is 1. The van der Waals surface area contributed by atoms with E-state index in [0.29, 0.717) is 17.1 Å². The van der Waals surface area contributed by atoms with Crippen LogP contribution in [0.3, 0.4) is 0 Å². The van der Waals surface area contributed by atoms with Crippen molar-refractivity contribution in [3.05, 3.63) is 41.7 Å². The molecule has 2 rings (SSSR count). The molecular formula is C11H7F3N2O3. The van der Waals surface area contributed by atoms with Crippen LogP contribution in [0.5, 0.6) is 5.75 Å². The molecule has 100 valence electrons. The number of alkyl halides is 3. The molecule has 0 radical (unpaired) electrons. The quantitative estimate of drug-likeness (QED) is 0.879. The van der Waals surface area contributed by atoms with Gasteiger partial charge in [0.05, 0.1) is 17.3 Å². The van der Waals surface area contributed by atoms with Crippen LogP contribution in [0.4, 0.5) is 13.2 Å². The number of para-hydroxylation sites is 1. The SMILES string of the molecule is O=C(O)c1cccc(O)c1-n1cc(C(F)(F)F)cn1. The number of hydrogen-bond acceptors (Lipinski definition) is 3. The zero-order valence-electron chi connectivity index (χ0n) is 9.22. The largest absolute Gasteiger partial charge is 0.506 e. The number of carbonyl (C=O) groups is 1. The number of carboxylic acid groups (broad SMARTS) is 1. The first-order chi connectivity index (χ1) is 8.80. The Morgan fingerprint density at radius 1 is 1.32 bits per heavy atom. The van der Waals surface area contributed by atoms with Crippen molar-refractivity contribution in [2.45, 2.75) is 6.18 Å². The molecular weight excluding hydrogens is 265 g/mol. The predicted octanol–water partition coefficient (Wildman–Crippen LogP) is 2.29. The number of benzene rings is 1. The Hall–Kier alpha value is -2.51. The highest BCUT2D eigenvalue weighted by atomic mass is 19.4. The van der Waals surface area contributed by atoms with E-state index in [9.17, 15) is 23.1 Å². The van der Waals surface area contributed by atoms with Gasteiger partial charge in [-0.1, -0.05) is 6.07 Å². The minimum atomic E-state index is -4.59. The third-order valence-electron chi connectivity index (χ3n) is 2.38. The standard InChI is InChI=1S/C11H7F3N2O3/c12-11(13,14)6-4-15-16(5-6)9-7(10(18)19)2-1-3-8(9)17/h1-5,17H,(H,18,19). The summed E-state index contributed by atoms with van der Waals surface area (Å²) >= 11 is 0. The lowest BCUT2D eigenvalue weighted by Gasteiger charge is -2.08. The molecule has 0 aliphatic heterocycles. The number of nitrogens with zero attached hydrogens (tertiary/aromatic N) is 2. The second-order valence-electron chi connectivity index (χ2n) is 3.65. The van der Waals surface area contributed by atoms with E-state index in [1.165, 1.54) is 6.07 Å². The lowest BCUT2D eigenvalue weighted by Crippen LogP contribution is -2.07. The molecule has 1 heterocycles. The monoisotopic (exact) mass is 272 g/mol. The third kappa shape index (κ3) is 2.37. The van der Waals surface area contributed by atoms with Crippen molar-refractivity contribution in [2.75, 3.05) is 0 Å². The molecule has 0 amide bonds. The van der Waals surface area contributed by atoms with Gasteiger partial charge in [-0.05, 0) is 12.1 Å². The second kappa shape index (κ2) is 4.30. The van der Waals surface area contributed by atoms with Gasteiger partial charge >= 0.3 is 12.1 Å². The Bertz CT molecular complexity index is 634. The van der Waals surface area contributed by atoms with Gasteiger partial charge < -0.3 is 10.2 Å². The number of aromatic carboxylic acids is 1. The van der Waals surface area contributed by atoms with Crippen molar-refractivity contribution >= 4 is 5.97 Å². The number of carboxylic acids is 1. The topological polar surface area (TPSA) is 75.3 Å². The molecule has 0 aliphatic rings. The van der Waals surface area contributed by atoms with Crippen molar-refractivity contribution in [2.24, 2.45) is 0 Å². The summed E-state index contributed by atoms with van der Waals surface area (Å²) in [6, 6.07) is 3.60. The van der Waals surface area contributed by atoms with E-state index >= 15 is 0 Å². The number of hydrogen-bond donors (Lipinski definition) is 2. The van der Waals surface area contributed by atoms with Crippen molar-refractivity contribution in [1.82, 2.24) is 9.78 Å². The highest BCUT2D eigenvalue weighted by Crippen LogP contribution is 2.31. The van der Waals surface area contributed by atoms with Crippen molar-refractivity contribution in [3.63, 3.8) is 0 Å². The van der Waals surface area contributed by atoms with Gasteiger partial charge in [0, 0.05) is 6.20 Å². The highest BCUT2D eigenvalue weighted by molar-refractivity contribution is 5.93. The minimum Gasteiger partial charge on any atom is -0.506 e. The lowest BCUT2D eigenvalue weighted by molar-refractivity contribution is -0.137. The Balaban J connectivity index is 2.59. The molecule has 0 spiro atoms. The van der Waals surface area contributed by atoms with Crippen molar-refractivity contribution in [1.29, 1.82) is 0 Å². The molecule has 19 heavy (non-hydrogen) atoms. The molecule has 0 saturated heterocycles. The smallest absolute Gasteiger partial charge is 0.419 e. The van der Waals surface area contributed by atoms with Gasteiger partial charge in [-0.25, -0.2) is 9.48 Å². The van der Waals surface area contributed by atoms with Gasteiger partial charge in [0.15, 0.2) is 0 Å². The maximum atomic E-state index is 12.4. The fourth-order valence-corrected chi connectivity index (χ4v) is 1.54. The molecule has 0 fully saturated rings. The highest BCUT2D eigenvalue weighted by Gasteiger charge is 2.32. The van der Waals surface area contributed by atoms with Gasteiger partial charge in [0.25, 0.3) is 0 Å². The van der Waals surface area contributed by atoms with Crippen molar-refractivity contribution in [3.8, 4) is 11.4 Å². The summed E-state index contributed by atoms with van der Waals surface area (Å²) in [5.74, 6) is -1.85. The number of rotatable bonds is 2. The summed E-state index contributed by atoms with van der Waals surface area (Å²) in [6.07, 6.45) is -3.42. The summed E-state index contributed by atoms with van der Waals surface area (Å²) < 4.78 is 38.0. The number of aromatic hydroxyl groups is 1. The van der Waals surface area contributed by atoms with Crippen LogP contribution in [0.15, 0.2) is 30.6 Å². The third-order valence-corrected chi connectivity index (χ3v) is 2.38. The molecule has 0 bridgehead atoms. The maximum Gasteiger partial charge on any atom is 0.419 e. The summed E-state index contributed by atoms with van der Waals surface area (Å²) in [5.41, 5.74) is -1.70. The molecule has 0 saturated carbocycles. The maximum absolute atomic E-state index is 12.4. The molecule has 2 aromatic rings. The Morgan fingerprint density at radius 3 is 2.53 bits per heavy atom. The van der Waals surface area contributed by atoms with E-state index in [0.717, 1.165) is 12.1 Å². The molecule has 0 aliphatic carbocycles. The normalized spacial score (nSPS) is 11.5. The molecule has 1 aromatic heterocycles. The van der Waals surface area contributed by atoms with Gasteiger partial charge in [0.1, 0.15) is 11.4 Å². The molecule has 2 N–H and O–H groups in total. The number of halogens is 3. The lowest BCUT2D eigenvalue weighted by atomic mass is 10.1. The van der Waals surface area contributed by atoms with E-state index in [2.05, 4.69) is 5.10 Å². The average molecular weight is 272 g/mol. The Morgan fingerprint density at radius 2 is 2.00 bits per heavy atom. The molecule has 1 aromatic carbocycles. The fraction of sp³-hybridized carbons (Fsp3) is 0.0909. The predicted molar refractivity (Wildman–Crippen MR) is 57.2 cm³/mol. The molecule has 0 atom stereocenters. The van der Waals surface area contributed by atoms with Crippen LogP contribution in [0.25, 0.3) is 5.69 Å².